The second-order valence-electron chi connectivity index (χ2n) is 6.25. The molecule has 136 valence electrons. The van der Waals surface area contributed by atoms with Crippen molar-refractivity contribution < 1.29 is 14.2 Å². The van der Waals surface area contributed by atoms with Gasteiger partial charge in [-0.15, -0.1) is 0 Å². The van der Waals surface area contributed by atoms with Crippen LogP contribution in [0, 0.1) is 11.3 Å². The van der Waals surface area contributed by atoms with E-state index in [1.54, 1.807) is 33.5 Å². The summed E-state index contributed by atoms with van der Waals surface area (Å²) in [6, 6.07) is 5.82. The Morgan fingerprint density at radius 3 is 2.19 bits per heavy atom. The fraction of sp³-hybridized carbons (Fsp3) is 0.400. The van der Waals surface area contributed by atoms with Crippen molar-refractivity contribution in [2.45, 2.75) is 32.1 Å². The zero-order valence-corrected chi connectivity index (χ0v) is 15.4. The van der Waals surface area contributed by atoms with E-state index in [0.29, 0.717) is 22.8 Å². The molecule has 0 spiro atoms. The average molecular weight is 353 g/mol. The van der Waals surface area contributed by atoms with Gasteiger partial charge in [-0.05, 0) is 31.2 Å². The Morgan fingerprint density at radius 2 is 1.62 bits per heavy atom. The van der Waals surface area contributed by atoms with Crippen LogP contribution in [0.1, 0.15) is 36.1 Å². The standard InChI is InChI=1S/C20H23N3O3/c1-24-12-9-16(25-2)19(17(10-12)26-3)18-13-7-5-4-6-8-15(13)23-20(22)14(18)11-21/h9-10H,4-8H2,1-3H3,(H2,22,23). The Bertz CT molecular complexity index is 847. The van der Waals surface area contributed by atoms with Gasteiger partial charge in [0.1, 0.15) is 34.7 Å². The maximum Gasteiger partial charge on any atom is 0.142 e. The molecular weight excluding hydrogens is 330 g/mol. The van der Waals surface area contributed by atoms with Crippen LogP contribution in [0.3, 0.4) is 0 Å². The molecule has 2 N–H and O–H groups in total. The third kappa shape index (κ3) is 3.01. The molecule has 6 heteroatoms. The Balaban J connectivity index is 2.40. The van der Waals surface area contributed by atoms with Gasteiger partial charge < -0.3 is 19.9 Å². The number of fused-ring (bicyclic) bond motifs is 1. The highest BCUT2D eigenvalue weighted by molar-refractivity contribution is 5.87. The van der Waals surface area contributed by atoms with Crippen LogP contribution < -0.4 is 19.9 Å². The number of aryl methyl sites for hydroxylation is 1. The van der Waals surface area contributed by atoms with Crippen molar-refractivity contribution in [2.75, 3.05) is 27.1 Å². The number of aromatic nitrogens is 1. The predicted octanol–water partition coefficient (Wildman–Crippen LogP) is 3.50. The number of benzene rings is 1. The van der Waals surface area contributed by atoms with Gasteiger partial charge in [0.05, 0.1) is 26.9 Å². The van der Waals surface area contributed by atoms with Crippen LogP contribution in [-0.4, -0.2) is 26.3 Å². The monoisotopic (exact) mass is 353 g/mol. The Labute approximate surface area is 153 Å². The van der Waals surface area contributed by atoms with Gasteiger partial charge in [0, 0.05) is 23.4 Å². The molecule has 0 radical (unpaired) electrons. The van der Waals surface area contributed by atoms with Crippen molar-refractivity contribution >= 4 is 5.82 Å². The van der Waals surface area contributed by atoms with Gasteiger partial charge in [0.25, 0.3) is 0 Å². The minimum absolute atomic E-state index is 0.253. The quantitative estimate of drug-likeness (QED) is 0.846. The zero-order valence-electron chi connectivity index (χ0n) is 15.4. The van der Waals surface area contributed by atoms with Gasteiger partial charge in [-0.1, -0.05) is 6.42 Å². The third-order valence-corrected chi connectivity index (χ3v) is 4.83. The summed E-state index contributed by atoms with van der Waals surface area (Å²) in [5, 5.41) is 9.78. The molecular formula is C20H23N3O3. The fourth-order valence-corrected chi connectivity index (χ4v) is 3.58. The van der Waals surface area contributed by atoms with E-state index >= 15 is 0 Å². The smallest absolute Gasteiger partial charge is 0.142 e. The molecule has 0 saturated heterocycles. The predicted molar refractivity (Wildman–Crippen MR) is 99.7 cm³/mol. The van der Waals surface area contributed by atoms with E-state index in [9.17, 15) is 5.26 Å². The molecule has 0 amide bonds. The van der Waals surface area contributed by atoms with Crippen LogP contribution >= 0.6 is 0 Å². The van der Waals surface area contributed by atoms with Crippen LogP contribution in [0.5, 0.6) is 17.2 Å². The molecule has 1 aromatic carbocycles. The van der Waals surface area contributed by atoms with Gasteiger partial charge in [-0.2, -0.15) is 5.26 Å². The number of nitrogens with two attached hydrogens (primary N) is 1. The first-order chi connectivity index (χ1) is 12.6. The normalized spacial score (nSPS) is 13.3. The summed E-state index contributed by atoms with van der Waals surface area (Å²) in [5.74, 6) is 2.03. The molecule has 26 heavy (non-hydrogen) atoms. The minimum Gasteiger partial charge on any atom is -0.496 e. The van der Waals surface area contributed by atoms with Crippen LogP contribution in [0.2, 0.25) is 0 Å². The molecule has 0 aliphatic heterocycles. The number of methoxy groups -OCH3 is 3. The highest BCUT2D eigenvalue weighted by Crippen LogP contribution is 2.46. The average Bonchev–Trinajstić information content (AvgIpc) is 2.90. The van der Waals surface area contributed by atoms with E-state index in [4.69, 9.17) is 19.9 Å². The van der Waals surface area contributed by atoms with Crippen LogP contribution in [0.4, 0.5) is 5.82 Å². The molecule has 3 rings (SSSR count). The number of anilines is 1. The Kier molecular flexibility index (Phi) is 5.17. The summed E-state index contributed by atoms with van der Waals surface area (Å²) < 4.78 is 16.6. The second kappa shape index (κ2) is 7.52. The van der Waals surface area contributed by atoms with Gasteiger partial charge in [-0.25, -0.2) is 4.98 Å². The van der Waals surface area contributed by atoms with E-state index < -0.39 is 0 Å². The molecule has 0 fully saturated rings. The first-order valence-electron chi connectivity index (χ1n) is 8.66. The number of pyridine rings is 1. The molecule has 1 heterocycles. The highest BCUT2D eigenvalue weighted by Gasteiger charge is 2.26. The lowest BCUT2D eigenvalue weighted by molar-refractivity contribution is 0.377. The summed E-state index contributed by atoms with van der Waals surface area (Å²) in [6.07, 6.45) is 4.97. The Hall–Kier alpha value is -2.94. The van der Waals surface area contributed by atoms with E-state index in [1.807, 2.05) is 0 Å². The number of nitrogen functional groups attached to an aromatic ring is 1. The van der Waals surface area contributed by atoms with Crippen molar-refractivity contribution in [2.24, 2.45) is 0 Å². The SMILES string of the molecule is COc1cc(OC)c(-c2c(C#N)c(N)nc3c2CCCCC3)c(OC)c1. The molecule has 1 aromatic heterocycles. The fourth-order valence-electron chi connectivity index (χ4n) is 3.58. The van der Waals surface area contributed by atoms with Crippen molar-refractivity contribution in [1.82, 2.24) is 4.98 Å². The molecule has 0 atom stereocenters. The van der Waals surface area contributed by atoms with Gasteiger partial charge in [-0.3, -0.25) is 0 Å². The van der Waals surface area contributed by atoms with E-state index in [1.165, 1.54) is 0 Å². The molecule has 1 aliphatic carbocycles. The summed E-state index contributed by atoms with van der Waals surface area (Å²) in [5.41, 5.74) is 10.0. The van der Waals surface area contributed by atoms with Crippen molar-refractivity contribution in [1.29, 1.82) is 5.26 Å². The van der Waals surface area contributed by atoms with Gasteiger partial charge in [0.15, 0.2) is 0 Å². The molecule has 1 aliphatic rings. The molecule has 6 nitrogen and oxygen atoms in total. The van der Waals surface area contributed by atoms with Crippen LogP contribution in [0.25, 0.3) is 11.1 Å². The molecule has 2 aromatic rings. The number of hydrogen-bond acceptors (Lipinski definition) is 6. The lowest BCUT2D eigenvalue weighted by Crippen LogP contribution is -2.08. The van der Waals surface area contributed by atoms with E-state index in [2.05, 4.69) is 11.1 Å². The topological polar surface area (TPSA) is 90.4 Å². The lowest BCUT2D eigenvalue weighted by atomic mass is 9.90. The van der Waals surface area contributed by atoms with Crippen molar-refractivity contribution in [3.05, 3.63) is 29.0 Å². The van der Waals surface area contributed by atoms with Crippen molar-refractivity contribution in [3.8, 4) is 34.4 Å². The van der Waals surface area contributed by atoms with E-state index in [0.717, 1.165) is 54.5 Å². The van der Waals surface area contributed by atoms with Gasteiger partial charge in [0.2, 0.25) is 0 Å². The summed E-state index contributed by atoms with van der Waals surface area (Å²) >= 11 is 0. The first kappa shape index (κ1) is 17.9. The summed E-state index contributed by atoms with van der Waals surface area (Å²) in [4.78, 5) is 4.52. The first-order valence-corrected chi connectivity index (χ1v) is 8.66. The number of hydrogen-bond donors (Lipinski definition) is 1. The number of nitriles is 1. The van der Waals surface area contributed by atoms with Crippen LogP contribution in [-0.2, 0) is 12.8 Å². The highest BCUT2D eigenvalue weighted by atomic mass is 16.5. The third-order valence-electron chi connectivity index (χ3n) is 4.83. The largest absolute Gasteiger partial charge is 0.496 e. The summed E-state index contributed by atoms with van der Waals surface area (Å²) in [6.45, 7) is 0. The summed E-state index contributed by atoms with van der Waals surface area (Å²) in [7, 11) is 4.77. The second-order valence-corrected chi connectivity index (χ2v) is 6.25. The number of ether oxygens (including phenoxy) is 3. The molecule has 0 saturated carbocycles. The number of rotatable bonds is 4. The van der Waals surface area contributed by atoms with E-state index in [-0.39, 0.29) is 5.82 Å². The maximum atomic E-state index is 9.78. The number of nitrogens with zero attached hydrogens (tertiary/aromatic N) is 2. The molecule has 0 bridgehead atoms. The lowest BCUT2D eigenvalue weighted by Gasteiger charge is -2.20. The molecule has 0 unspecified atom stereocenters. The van der Waals surface area contributed by atoms with Gasteiger partial charge >= 0.3 is 0 Å². The Morgan fingerprint density at radius 1 is 0.962 bits per heavy atom. The minimum atomic E-state index is 0.253. The van der Waals surface area contributed by atoms with Crippen LogP contribution in [0.15, 0.2) is 12.1 Å². The zero-order chi connectivity index (χ0) is 18.7. The maximum absolute atomic E-state index is 9.78. The van der Waals surface area contributed by atoms with Crippen molar-refractivity contribution in [3.63, 3.8) is 0 Å².